The molecule has 1 fully saturated rings. The van der Waals surface area contributed by atoms with Crippen molar-refractivity contribution in [3.8, 4) is 0 Å². The Morgan fingerprint density at radius 2 is 1.70 bits per heavy atom. The van der Waals surface area contributed by atoms with Gasteiger partial charge in [-0.25, -0.2) is 8.42 Å². The molecule has 0 spiro atoms. The van der Waals surface area contributed by atoms with Crippen LogP contribution in [0, 0.1) is 11.8 Å². The molecule has 0 aliphatic carbocycles. The number of hydrogen-bond donors (Lipinski definition) is 1. The Kier molecular flexibility index (Phi) is 8.41. The number of carbonyl (C=O) groups excluding carboxylic acids is 1. The smallest absolute Gasteiger partial charge is 0.416 e. The molecule has 30 heavy (non-hydrogen) atoms. The van der Waals surface area contributed by atoms with Crippen LogP contribution in [-0.4, -0.2) is 43.1 Å². The third-order valence-electron chi connectivity index (χ3n) is 5.96. The van der Waals surface area contributed by atoms with E-state index in [1.807, 2.05) is 13.8 Å². The van der Waals surface area contributed by atoms with Crippen LogP contribution in [0.15, 0.2) is 29.2 Å². The molecule has 1 atom stereocenters. The van der Waals surface area contributed by atoms with Crippen molar-refractivity contribution in [2.75, 3.05) is 13.1 Å². The highest BCUT2D eigenvalue weighted by molar-refractivity contribution is 7.92. The number of likely N-dealkylation sites (tertiary alicyclic amines) is 1. The van der Waals surface area contributed by atoms with Gasteiger partial charge in [0.15, 0.2) is 9.84 Å². The van der Waals surface area contributed by atoms with Crippen LogP contribution in [0.2, 0.25) is 0 Å². The van der Waals surface area contributed by atoms with Gasteiger partial charge < -0.3 is 23.0 Å². The Morgan fingerprint density at radius 1 is 1.17 bits per heavy atom. The first-order valence-corrected chi connectivity index (χ1v) is 11.1. The lowest BCUT2D eigenvalue weighted by Crippen LogP contribution is -3.00. The number of carbonyl (C=O) groups is 1. The highest BCUT2D eigenvalue weighted by Gasteiger charge is 2.45. The maximum Gasteiger partial charge on any atom is 0.416 e. The van der Waals surface area contributed by atoms with Crippen molar-refractivity contribution in [3.05, 3.63) is 29.8 Å². The summed E-state index contributed by atoms with van der Waals surface area (Å²) in [5, 5.41) is 0. The van der Waals surface area contributed by atoms with Crippen LogP contribution in [0.1, 0.15) is 46.1 Å². The Balaban J connectivity index is 0.00000450. The van der Waals surface area contributed by atoms with Crippen molar-refractivity contribution in [3.63, 3.8) is 0 Å². The number of hydrogen-bond acceptors (Lipinski definition) is 4. The van der Waals surface area contributed by atoms with E-state index in [-0.39, 0.29) is 35.0 Å². The molecule has 1 saturated heterocycles. The molecule has 1 aliphatic heterocycles. The second kappa shape index (κ2) is 9.44. The predicted octanol–water partition coefficient (Wildman–Crippen LogP) is 0.484. The van der Waals surface area contributed by atoms with Gasteiger partial charge in [-0.3, -0.25) is 4.79 Å². The number of piperidine rings is 1. The van der Waals surface area contributed by atoms with Crippen LogP contribution in [-0.2, 0) is 20.8 Å². The van der Waals surface area contributed by atoms with E-state index in [2.05, 4.69) is 0 Å². The van der Waals surface area contributed by atoms with Gasteiger partial charge in [0.2, 0.25) is 5.91 Å². The van der Waals surface area contributed by atoms with Gasteiger partial charge in [0.25, 0.3) is 0 Å². The molecule has 2 rings (SSSR count). The van der Waals surface area contributed by atoms with Crippen molar-refractivity contribution in [1.82, 2.24) is 4.90 Å². The fraction of sp³-hybridized carbons (Fsp3) is 0.650. The molecule has 1 aromatic carbocycles. The molecule has 0 bridgehead atoms. The maximum atomic E-state index is 13.2. The van der Waals surface area contributed by atoms with Gasteiger partial charge in [-0.15, -0.1) is 0 Å². The van der Waals surface area contributed by atoms with Gasteiger partial charge in [0, 0.05) is 13.1 Å². The Labute approximate surface area is 182 Å². The number of benzene rings is 1. The summed E-state index contributed by atoms with van der Waals surface area (Å²) in [6, 6.07) is 3.26. The number of halogens is 4. The summed E-state index contributed by atoms with van der Waals surface area (Å²) >= 11 is 0. The third kappa shape index (κ3) is 5.29. The zero-order valence-corrected chi connectivity index (χ0v) is 19.1. The second-order valence-electron chi connectivity index (χ2n) is 8.50. The van der Waals surface area contributed by atoms with Crippen LogP contribution in [0.5, 0.6) is 0 Å². The Bertz CT molecular complexity index is 849. The summed E-state index contributed by atoms with van der Waals surface area (Å²) in [5.41, 5.74) is 4.94. The third-order valence-corrected chi connectivity index (χ3v) is 8.55. The lowest BCUT2D eigenvalue weighted by molar-refractivity contribution is -0.137. The first-order chi connectivity index (χ1) is 13.2. The quantitative estimate of drug-likeness (QED) is 0.680. The molecule has 0 aromatic heterocycles. The van der Waals surface area contributed by atoms with Crippen LogP contribution in [0.25, 0.3) is 0 Å². The van der Waals surface area contributed by atoms with Crippen molar-refractivity contribution < 1.29 is 38.8 Å². The number of alkyl halides is 3. The highest BCUT2D eigenvalue weighted by Crippen LogP contribution is 2.39. The summed E-state index contributed by atoms with van der Waals surface area (Å²) in [7, 11) is -4.02. The maximum absolute atomic E-state index is 13.2. The average molecular weight is 470 g/mol. The van der Waals surface area contributed by atoms with Crippen molar-refractivity contribution >= 4 is 15.7 Å². The zero-order valence-electron chi connectivity index (χ0n) is 17.5. The summed E-state index contributed by atoms with van der Waals surface area (Å²) in [4.78, 5) is 13.7. The minimum absolute atomic E-state index is 0. The largest absolute Gasteiger partial charge is 1.00 e. The van der Waals surface area contributed by atoms with Crippen LogP contribution in [0.4, 0.5) is 13.2 Å². The molecular formula is C20H29ClF3N2O3S-. The lowest BCUT2D eigenvalue weighted by Gasteiger charge is -2.41. The van der Waals surface area contributed by atoms with Crippen LogP contribution in [0.3, 0.4) is 0 Å². The van der Waals surface area contributed by atoms with Gasteiger partial charge in [-0.1, -0.05) is 19.9 Å². The minimum atomic E-state index is -4.61. The molecule has 1 amide bonds. The molecule has 0 radical (unpaired) electrons. The molecule has 5 nitrogen and oxygen atoms in total. The number of amides is 1. The highest BCUT2D eigenvalue weighted by atomic mass is 35.5. The minimum Gasteiger partial charge on any atom is -1.00 e. The van der Waals surface area contributed by atoms with E-state index >= 15 is 0 Å². The summed E-state index contributed by atoms with van der Waals surface area (Å²) in [6.07, 6.45) is -3.72. The summed E-state index contributed by atoms with van der Waals surface area (Å²) in [5.74, 6) is -0.448. The average Bonchev–Trinajstić information content (AvgIpc) is 2.66. The van der Waals surface area contributed by atoms with E-state index in [0.29, 0.717) is 32.0 Å². The molecule has 1 aliphatic rings. The fourth-order valence-corrected chi connectivity index (χ4v) is 5.48. The topological polar surface area (TPSA) is 80.5 Å². The van der Waals surface area contributed by atoms with Crippen LogP contribution < -0.4 is 18.1 Å². The van der Waals surface area contributed by atoms with E-state index in [4.69, 9.17) is 5.73 Å². The fourth-order valence-electron chi connectivity index (χ4n) is 3.65. The Morgan fingerprint density at radius 3 is 2.17 bits per heavy atom. The van der Waals surface area contributed by atoms with E-state index in [9.17, 15) is 26.4 Å². The van der Waals surface area contributed by atoms with E-state index < -0.39 is 32.4 Å². The van der Waals surface area contributed by atoms with Crippen LogP contribution >= 0.6 is 0 Å². The van der Waals surface area contributed by atoms with Gasteiger partial charge in [-0.05, 0) is 56.7 Å². The number of sulfone groups is 1. The molecule has 10 heteroatoms. The predicted molar refractivity (Wildman–Crippen MR) is 105 cm³/mol. The van der Waals surface area contributed by atoms with Crippen molar-refractivity contribution in [2.45, 2.75) is 62.4 Å². The first-order valence-electron chi connectivity index (χ1n) is 9.66. The van der Waals surface area contributed by atoms with Gasteiger partial charge in [-0.2, -0.15) is 13.2 Å². The van der Waals surface area contributed by atoms with Gasteiger partial charge in [0.05, 0.1) is 21.2 Å². The Hall–Kier alpha value is -1.32. The molecular weight excluding hydrogens is 441 g/mol. The molecule has 1 aromatic rings. The number of rotatable bonds is 5. The van der Waals surface area contributed by atoms with Gasteiger partial charge in [0.1, 0.15) is 0 Å². The molecule has 1 heterocycles. The number of nitrogens with zero attached hydrogens (tertiary/aromatic N) is 1. The molecule has 2 N–H and O–H groups in total. The molecule has 0 saturated carbocycles. The molecule has 0 unspecified atom stereocenters. The normalized spacial score (nSPS) is 17.6. The number of nitrogens with two attached hydrogens (primary N) is 1. The summed E-state index contributed by atoms with van der Waals surface area (Å²) in [6.45, 7) is 7.58. The van der Waals surface area contributed by atoms with Crippen molar-refractivity contribution in [1.29, 1.82) is 0 Å². The lowest BCUT2D eigenvalue weighted by atomic mass is 9.85. The van der Waals surface area contributed by atoms with E-state index in [1.165, 1.54) is 6.07 Å². The van der Waals surface area contributed by atoms with E-state index in [0.717, 1.165) is 12.1 Å². The zero-order chi connectivity index (χ0) is 22.2. The standard InChI is InChI=1S/C20H29F3N2O3S.ClH/c1-13(2)17(24)18(26)25-10-8-14(9-11-25)19(3,4)29(27,28)16-7-5-6-15(12-16)20(21,22)23;/h5-7,12-14,17H,8-11,24H2,1-4H3;1H/p-1/t17-;/m0./s1. The van der Waals surface area contributed by atoms with E-state index in [1.54, 1.807) is 18.7 Å². The second-order valence-corrected chi connectivity index (χ2v) is 11.0. The van der Waals surface area contributed by atoms with Gasteiger partial charge >= 0.3 is 6.18 Å². The SMILES string of the molecule is CC(C)[C@H](N)C(=O)N1CCC(C(C)(C)S(=O)(=O)c2cccc(C(F)(F)F)c2)CC1.[Cl-]. The van der Waals surface area contributed by atoms with Crippen molar-refractivity contribution in [2.24, 2.45) is 17.6 Å². The molecule has 172 valence electrons. The monoisotopic (exact) mass is 469 g/mol. The first kappa shape index (κ1) is 26.7. The summed E-state index contributed by atoms with van der Waals surface area (Å²) < 4.78 is 64.1.